The van der Waals surface area contributed by atoms with Gasteiger partial charge in [-0.15, -0.1) is 0 Å². The summed E-state index contributed by atoms with van der Waals surface area (Å²) in [5.74, 6) is -1.44. The molecule has 1 unspecified atom stereocenters. The number of esters is 1. The van der Waals surface area contributed by atoms with E-state index >= 15 is 0 Å². The molecule has 0 aliphatic heterocycles. The van der Waals surface area contributed by atoms with Gasteiger partial charge >= 0.3 is 11.6 Å². The maximum Gasteiger partial charge on any atom is 0.349 e. The van der Waals surface area contributed by atoms with E-state index in [-0.39, 0.29) is 18.7 Å². The lowest BCUT2D eigenvalue weighted by Gasteiger charge is -2.25. The van der Waals surface area contributed by atoms with Crippen molar-refractivity contribution >= 4 is 22.8 Å². The molecule has 2 aromatic carbocycles. The summed E-state index contributed by atoms with van der Waals surface area (Å²) < 4.78 is 10.1. The summed E-state index contributed by atoms with van der Waals surface area (Å²) in [7, 11) is 1.31. The average molecular weight is 379 g/mol. The summed E-state index contributed by atoms with van der Waals surface area (Å²) in [4.78, 5) is 38.9. The van der Waals surface area contributed by atoms with Crippen molar-refractivity contribution in [3.05, 3.63) is 82.2 Å². The summed E-state index contributed by atoms with van der Waals surface area (Å²) in [5, 5.41) is 0.658. The zero-order valence-electron chi connectivity index (χ0n) is 15.8. The molecule has 0 N–H and O–H groups in total. The molecule has 28 heavy (non-hydrogen) atoms. The number of rotatable bonds is 6. The molecule has 0 fully saturated rings. The molecule has 1 heterocycles. The number of amides is 1. The van der Waals surface area contributed by atoms with Gasteiger partial charge in [0.15, 0.2) is 0 Å². The van der Waals surface area contributed by atoms with Gasteiger partial charge in [0.1, 0.15) is 11.1 Å². The van der Waals surface area contributed by atoms with Crippen molar-refractivity contribution in [2.75, 3.05) is 13.7 Å². The fourth-order valence-electron chi connectivity index (χ4n) is 3.01. The highest BCUT2D eigenvalue weighted by Crippen LogP contribution is 2.16. The van der Waals surface area contributed by atoms with Crippen LogP contribution in [0.1, 0.15) is 22.8 Å². The normalized spacial score (nSPS) is 11.8. The van der Waals surface area contributed by atoms with Crippen LogP contribution >= 0.6 is 0 Å². The van der Waals surface area contributed by atoms with Crippen LogP contribution in [0.4, 0.5) is 0 Å². The zero-order chi connectivity index (χ0) is 20.1. The molecule has 0 aliphatic carbocycles. The smallest absolute Gasteiger partial charge is 0.349 e. The van der Waals surface area contributed by atoms with E-state index in [9.17, 15) is 14.4 Å². The molecule has 3 aromatic rings. The fourth-order valence-corrected chi connectivity index (χ4v) is 3.01. The third-order valence-electron chi connectivity index (χ3n) is 4.47. The highest BCUT2D eigenvalue weighted by atomic mass is 16.5. The Balaban J connectivity index is 1.96. The number of fused-ring (bicyclic) bond motifs is 1. The number of ether oxygens (including phenoxy) is 1. The first-order valence-corrected chi connectivity index (χ1v) is 8.93. The van der Waals surface area contributed by atoms with Gasteiger partial charge in [-0.2, -0.15) is 0 Å². The molecule has 6 nitrogen and oxygen atoms in total. The number of carbonyl (C=O) groups is 2. The van der Waals surface area contributed by atoms with E-state index in [1.165, 1.54) is 18.1 Å². The first-order valence-electron chi connectivity index (χ1n) is 8.93. The van der Waals surface area contributed by atoms with E-state index < -0.39 is 23.4 Å². The Hall–Kier alpha value is -3.41. The van der Waals surface area contributed by atoms with Gasteiger partial charge < -0.3 is 14.1 Å². The molecular formula is C22H21NO5. The maximum absolute atomic E-state index is 13.2. The zero-order valence-corrected chi connectivity index (χ0v) is 15.8. The molecule has 0 saturated heterocycles. The van der Waals surface area contributed by atoms with Crippen LogP contribution in [0.15, 0.2) is 69.9 Å². The average Bonchev–Trinajstić information content (AvgIpc) is 2.72. The molecule has 0 radical (unpaired) electrons. The quantitative estimate of drug-likeness (QED) is 0.485. The van der Waals surface area contributed by atoms with Crippen LogP contribution in [-0.4, -0.2) is 30.4 Å². The van der Waals surface area contributed by atoms with Crippen LogP contribution in [-0.2, 0) is 16.1 Å². The minimum absolute atomic E-state index is 0.0632. The number of nitrogens with zero attached hydrogens (tertiary/aromatic N) is 1. The van der Waals surface area contributed by atoms with Crippen molar-refractivity contribution in [3.8, 4) is 0 Å². The molecule has 0 spiro atoms. The molecule has 0 bridgehead atoms. The molecule has 1 aromatic heterocycles. The van der Waals surface area contributed by atoms with Gasteiger partial charge in [0.25, 0.3) is 5.91 Å². The van der Waals surface area contributed by atoms with Gasteiger partial charge in [0.2, 0.25) is 0 Å². The summed E-state index contributed by atoms with van der Waals surface area (Å²) >= 11 is 0. The second-order valence-electron chi connectivity index (χ2n) is 6.58. The Bertz CT molecular complexity index is 1040. The third kappa shape index (κ3) is 4.28. The van der Waals surface area contributed by atoms with E-state index in [0.717, 1.165) is 5.56 Å². The number of benzene rings is 2. The first kappa shape index (κ1) is 19.4. The van der Waals surface area contributed by atoms with E-state index in [1.807, 2.05) is 30.3 Å². The molecule has 1 amide bonds. The van der Waals surface area contributed by atoms with Crippen LogP contribution in [0.5, 0.6) is 0 Å². The van der Waals surface area contributed by atoms with Gasteiger partial charge in [0, 0.05) is 18.5 Å². The molecule has 144 valence electrons. The van der Waals surface area contributed by atoms with Crippen molar-refractivity contribution in [3.63, 3.8) is 0 Å². The molecule has 3 rings (SSSR count). The molecular weight excluding hydrogens is 358 g/mol. The molecule has 0 aliphatic rings. The highest BCUT2D eigenvalue weighted by molar-refractivity contribution is 5.96. The largest absolute Gasteiger partial charge is 0.469 e. The van der Waals surface area contributed by atoms with Crippen molar-refractivity contribution < 1.29 is 18.7 Å². The fraction of sp³-hybridized carbons (Fsp3) is 0.227. The Morgan fingerprint density at radius 2 is 1.75 bits per heavy atom. The second-order valence-corrected chi connectivity index (χ2v) is 6.58. The van der Waals surface area contributed by atoms with Gasteiger partial charge in [-0.05, 0) is 17.7 Å². The minimum atomic E-state index is -0.701. The van der Waals surface area contributed by atoms with Crippen LogP contribution in [0.25, 0.3) is 11.0 Å². The number of methoxy groups -OCH3 is 1. The van der Waals surface area contributed by atoms with Crippen molar-refractivity contribution in [2.24, 2.45) is 5.92 Å². The lowest BCUT2D eigenvalue weighted by molar-refractivity contribution is -0.145. The standard InChI is InChI=1S/C22H21NO5/c1-15(21(25)27-2)13-23(14-16-8-4-3-5-9-16)20(24)18-12-17-10-6-7-11-19(17)28-22(18)26/h3-12,15H,13-14H2,1-2H3. The SMILES string of the molecule is COC(=O)C(C)CN(Cc1ccccc1)C(=O)c1cc2ccccc2oc1=O. The van der Waals surface area contributed by atoms with E-state index in [4.69, 9.17) is 9.15 Å². The topological polar surface area (TPSA) is 76.8 Å². The highest BCUT2D eigenvalue weighted by Gasteiger charge is 2.25. The van der Waals surface area contributed by atoms with E-state index in [2.05, 4.69) is 0 Å². The number of para-hydroxylation sites is 1. The molecule has 6 heteroatoms. The monoisotopic (exact) mass is 379 g/mol. The Morgan fingerprint density at radius 1 is 1.07 bits per heavy atom. The lowest BCUT2D eigenvalue weighted by Crippen LogP contribution is -2.38. The van der Waals surface area contributed by atoms with E-state index in [0.29, 0.717) is 11.0 Å². The van der Waals surface area contributed by atoms with Crippen molar-refractivity contribution in [1.29, 1.82) is 0 Å². The number of carbonyl (C=O) groups excluding carboxylic acids is 2. The Kier molecular flexibility index (Phi) is 5.89. The maximum atomic E-state index is 13.2. The summed E-state index contributed by atoms with van der Waals surface area (Å²) in [6, 6.07) is 17.9. The lowest BCUT2D eigenvalue weighted by atomic mass is 10.1. The van der Waals surface area contributed by atoms with Crippen LogP contribution < -0.4 is 5.63 Å². The van der Waals surface area contributed by atoms with Gasteiger partial charge in [-0.25, -0.2) is 4.79 Å². The van der Waals surface area contributed by atoms with Crippen LogP contribution in [0.3, 0.4) is 0 Å². The Morgan fingerprint density at radius 3 is 2.46 bits per heavy atom. The van der Waals surface area contributed by atoms with Gasteiger partial charge in [0.05, 0.1) is 13.0 Å². The molecule has 0 saturated carbocycles. The summed E-state index contributed by atoms with van der Waals surface area (Å²) in [6.45, 7) is 2.06. The van der Waals surface area contributed by atoms with E-state index in [1.54, 1.807) is 31.2 Å². The predicted octanol–water partition coefficient (Wildman–Crippen LogP) is 3.24. The Labute approximate surface area is 162 Å². The number of hydrogen-bond donors (Lipinski definition) is 0. The number of hydrogen-bond acceptors (Lipinski definition) is 5. The predicted molar refractivity (Wildman–Crippen MR) is 105 cm³/mol. The van der Waals surface area contributed by atoms with Gasteiger partial charge in [-0.1, -0.05) is 55.5 Å². The second kappa shape index (κ2) is 8.52. The minimum Gasteiger partial charge on any atom is -0.469 e. The summed E-state index contributed by atoms with van der Waals surface area (Å²) in [6.07, 6.45) is 0. The van der Waals surface area contributed by atoms with Crippen LogP contribution in [0, 0.1) is 5.92 Å². The first-order chi connectivity index (χ1) is 13.5. The van der Waals surface area contributed by atoms with Gasteiger partial charge in [-0.3, -0.25) is 9.59 Å². The van der Waals surface area contributed by atoms with Crippen molar-refractivity contribution in [1.82, 2.24) is 4.90 Å². The summed E-state index contributed by atoms with van der Waals surface area (Å²) in [5.41, 5.74) is 0.541. The molecule has 1 atom stereocenters. The van der Waals surface area contributed by atoms with Crippen LogP contribution in [0.2, 0.25) is 0 Å². The van der Waals surface area contributed by atoms with Crippen molar-refractivity contribution in [2.45, 2.75) is 13.5 Å². The third-order valence-corrected chi connectivity index (χ3v) is 4.47.